The van der Waals surface area contributed by atoms with E-state index in [4.69, 9.17) is 4.98 Å². The lowest BCUT2D eigenvalue weighted by molar-refractivity contribution is -0.129. The predicted molar refractivity (Wildman–Crippen MR) is 136 cm³/mol. The van der Waals surface area contributed by atoms with Gasteiger partial charge in [-0.15, -0.1) is 0 Å². The molecule has 1 saturated heterocycles. The monoisotopic (exact) mass is 445 g/mol. The highest BCUT2D eigenvalue weighted by molar-refractivity contribution is 5.81. The molecule has 33 heavy (non-hydrogen) atoms. The number of aryl methyl sites for hydroxylation is 1. The van der Waals surface area contributed by atoms with Gasteiger partial charge in [0.1, 0.15) is 5.82 Å². The van der Waals surface area contributed by atoms with E-state index in [0.717, 1.165) is 24.4 Å². The van der Waals surface area contributed by atoms with Gasteiger partial charge in [-0.25, -0.2) is 4.98 Å². The van der Waals surface area contributed by atoms with Crippen LogP contribution in [0.1, 0.15) is 95.0 Å². The van der Waals surface area contributed by atoms with Crippen LogP contribution in [0.25, 0.3) is 11.0 Å². The Labute approximate surface area is 199 Å². The largest absolute Gasteiger partial charge is 0.335 e. The number of hydrogen-bond donors (Lipinski definition) is 0. The van der Waals surface area contributed by atoms with Crippen LogP contribution < -0.4 is 0 Å². The molecule has 1 amide bonds. The molecule has 4 nitrogen and oxygen atoms in total. The molecule has 0 radical (unpaired) electrons. The zero-order chi connectivity index (χ0) is 23.0. The minimum atomic E-state index is 0.0919. The van der Waals surface area contributed by atoms with Crippen molar-refractivity contribution in [2.75, 3.05) is 6.54 Å². The summed E-state index contributed by atoms with van der Waals surface area (Å²) in [4.78, 5) is 20.1. The Hall–Kier alpha value is -2.62. The van der Waals surface area contributed by atoms with Crippen LogP contribution in [0.2, 0.25) is 0 Å². The summed E-state index contributed by atoms with van der Waals surface area (Å²) in [6, 6.07) is 18.9. The molecule has 3 aromatic rings. The standard InChI is InChI=1S/C29H39N3O/c1-3-4-5-6-7-8-9-15-20-31-27-19-14-13-18-26(27)30-29(31)25-21-28(33)32(22-25)23(2)24-16-11-10-12-17-24/h10-14,16-19,23,25H,3-9,15,20-22H2,1-2H3. The molecule has 0 spiro atoms. The Balaban J connectivity index is 1.43. The van der Waals surface area contributed by atoms with Crippen LogP contribution in [-0.4, -0.2) is 26.9 Å². The summed E-state index contributed by atoms with van der Waals surface area (Å²) in [6.45, 7) is 6.14. The number of amides is 1. The SMILES string of the molecule is CCCCCCCCCCn1c(C2CC(=O)N(C(C)c3ccccc3)C2)nc2ccccc21. The summed E-state index contributed by atoms with van der Waals surface area (Å²) in [6.07, 6.45) is 11.1. The highest BCUT2D eigenvalue weighted by Crippen LogP contribution is 2.35. The molecule has 2 atom stereocenters. The summed E-state index contributed by atoms with van der Waals surface area (Å²) >= 11 is 0. The first-order valence-corrected chi connectivity index (χ1v) is 13.0. The molecule has 1 aliphatic heterocycles. The molecule has 0 N–H and O–H groups in total. The zero-order valence-electron chi connectivity index (χ0n) is 20.4. The number of rotatable bonds is 12. The van der Waals surface area contributed by atoms with Gasteiger partial charge in [-0.3, -0.25) is 4.79 Å². The van der Waals surface area contributed by atoms with Gasteiger partial charge >= 0.3 is 0 Å². The highest BCUT2D eigenvalue weighted by Gasteiger charge is 2.36. The third kappa shape index (κ3) is 5.66. The van der Waals surface area contributed by atoms with Crippen molar-refractivity contribution in [1.29, 1.82) is 0 Å². The molecule has 1 aromatic heterocycles. The Bertz CT molecular complexity index is 1030. The molecule has 4 heteroatoms. The lowest BCUT2D eigenvalue weighted by Gasteiger charge is -2.25. The highest BCUT2D eigenvalue weighted by atomic mass is 16.2. The lowest BCUT2D eigenvalue weighted by atomic mass is 10.1. The van der Waals surface area contributed by atoms with Gasteiger partial charge in [0.15, 0.2) is 0 Å². The maximum absolute atomic E-state index is 13.0. The number of para-hydroxylation sites is 2. The van der Waals surface area contributed by atoms with Crippen molar-refractivity contribution in [3.8, 4) is 0 Å². The second-order valence-electron chi connectivity index (χ2n) is 9.62. The van der Waals surface area contributed by atoms with Gasteiger partial charge in [0.05, 0.1) is 17.1 Å². The first-order valence-electron chi connectivity index (χ1n) is 13.0. The van der Waals surface area contributed by atoms with Gasteiger partial charge in [-0.05, 0) is 31.0 Å². The fourth-order valence-electron chi connectivity index (χ4n) is 5.23. The maximum atomic E-state index is 13.0. The summed E-state index contributed by atoms with van der Waals surface area (Å²) in [5.74, 6) is 1.49. The smallest absolute Gasteiger partial charge is 0.223 e. The van der Waals surface area contributed by atoms with E-state index in [1.54, 1.807) is 0 Å². The van der Waals surface area contributed by atoms with Crippen molar-refractivity contribution in [3.05, 3.63) is 66.0 Å². The molecule has 4 rings (SSSR count). The Morgan fingerprint density at radius 3 is 2.33 bits per heavy atom. The number of aromatic nitrogens is 2. The summed E-state index contributed by atoms with van der Waals surface area (Å²) in [5.41, 5.74) is 3.45. The third-order valence-electron chi connectivity index (χ3n) is 7.19. The quantitative estimate of drug-likeness (QED) is 0.275. The van der Waals surface area contributed by atoms with Gasteiger partial charge in [0.25, 0.3) is 0 Å². The fraction of sp³-hybridized carbons (Fsp3) is 0.517. The average Bonchev–Trinajstić information content (AvgIpc) is 3.41. The molecule has 2 unspecified atom stereocenters. The summed E-state index contributed by atoms with van der Waals surface area (Å²) in [7, 11) is 0. The number of carbonyl (C=O) groups is 1. The Kier molecular flexibility index (Phi) is 8.20. The van der Waals surface area contributed by atoms with Crippen LogP contribution >= 0.6 is 0 Å². The van der Waals surface area contributed by atoms with Crippen molar-refractivity contribution in [3.63, 3.8) is 0 Å². The molecule has 0 bridgehead atoms. The minimum absolute atomic E-state index is 0.0919. The van der Waals surface area contributed by atoms with Gasteiger partial charge in [-0.1, -0.05) is 94.3 Å². The van der Waals surface area contributed by atoms with Crippen molar-refractivity contribution in [2.45, 2.75) is 90.1 Å². The zero-order valence-corrected chi connectivity index (χ0v) is 20.4. The summed E-state index contributed by atoms with van der Waals surface area (Å²) < 4.78 is 2.40. The summed E-state index contributed by atoms with van der Waals surface area (Å²) in [5, 5.41) is 0. The van der Waals surface area contributed by atoms with Crippen LogP contribution in [0.5, 0.6) is 0 Å². The van der Waals surface area contributed by atoms with Gasteiger partial charge < -0.3 is 9.47 Å². The van der Waals surface area contributed by atoms with Gasteiger partial charge in [0, 0.05) is 25.4 Å². The molecule has 1 fully saturated rings. The fourth-order valence-corrected chi connectivity index (χ4v) is 5.23. The Morgan fingerprint density at radius 2 is 1.58 bits per heavy atom. The van der Waals surface area contributed by atoms with E-state index >= 15 is 0 Å². The van der Waals surface area contributed by atoms with Crippen LogP contribution in [0.15, 0.2) is 54.6 Å². The molecule has 2 aromatic carbocycles. The van der Waals surface area contributed by atoms with E-state index in [1.807, 2.05) is 23.1 Å². The predicted octanol–water partition coefficient (Wildman–Crippen LogP) is 7.25. The van der Waals surface area contributed by atoms with Crippen molar-refractivity contribution < 1.29 is 4.79 Å². The molecular formula is C29H39N3O. The van der Waals surface area contributed by atoms with Crippen molar-refractivity contribution in [2.24, 2.45) is 0 Å². The normalized spacial score (nSPS) is 17.2. The van der Waals surface area contributed by atoms with Crippen molar-refractivity contribution >= 4 is 16.9 Å². The molecule has 176 valence electrons. The number of likely N-dealkylation sites (tertiary alicyclic amines) is 1. The number of nitrogens with zero attached hydrogens (tertiary/aromatic N) is 3. The number of carbonyl (C=O) groups excluding carboxylic acids is 1. The Morgan fingerprint density at radius 1 is 0.909 bits per heavy atom. The van der Waals surface area contributed by atoms with E-state index in [2.05, 4.69) is 54.8 Å². The molecule has 2 heterocycles. The van der Waals surface area contributed by atoms with E-state index in [1.165, 1.54) is 62.4 Å². The van der Waals surface area contributed by atoms with E-state index < -0.39 is 0 Å². The average molecular weight is 446 g/mol. The number of imidazole rings is 1. The number of benzene rings is 2. The number of hydrogen-bond acceptors (Lipinski definition) is 2. The molecular weight excluding hydrogens is 406 g/mol. The number of fused-ring (bicyclic) bond motifs is 1. The van der Waals surface area contributed by atoms with E-state index in [-0.39, 0.29) is 17.9 Å². The number of unbranched alkanes of at least 4 members (excludes halogenated alkanes) is 7. The minimum Gasteiger partial charge on any atom is -0.335 e. The first kappa shape index (κ1) is 23.5. The topological polar surface area (TPSA) is 38.1 Å². The van der Waals surface area contributed by atoms with Crippen LogP contribution in [-0.2, 0) is 11.3 Å². The van der Waals surface area contributed by atoms with Crippen LogP contribution in [0.3, 0.4) is 0 Å². The van der Waals surface area contributed by atoms with Gasteiger partial charge in [-0.2, -0.15) is 0 Å². The van der Waals surface area contributed by atoms with Gasteiger partial charge in [0.2, 0.25) is 5.91 Å². The lowest BCUT2D eigenvalue weighted by Crippen LogP contribution is -2.28. The first-order chi connectivity index (χ1) is 16.2. The second-order valence-corrected chi connectivity index (χ2v) is 9.62. The third-order valence-corrected chi connectivity index (χ3v) is 7.19. The van der Waals surface area contributed by atoms with E-state index in [0.29, 0.717) is 6.42 Å². The van der Waals surface area contributed by atoms with Crippen molar-refractivity contribution in [1.82, 2.24) is 14.5 Å². The molecule has 1 aliphatic rings. The van der Waals surface area contributed by atoms with Crippen LogP contribution in [0.4, 0.5) is 0 Å². The molecule has 0 aliphatic carbocycles. The maximum Gasteiger partial charge on any atom is 0.223 e. The van der Waals surface area contributed by atoms with E-state index in [9.17, 15) is 4.79 Å². The second kappa shape index (κ2) is 11.5. The van der Waals surface area contributed by atoms with Crippen LogP contribution in [0, 0.1) is 0 Å². The molecule has 0 saturated carbocycles.